The largest absolute Gasteiger partial charge is 0.447 e. The first-order valence-electron chi connectivity index (χ1n) is 5.53. The molecular weight excluding hydrogens is 325 g/mol. The molecule has 0 saturated carbocycles. The molecule has 0 saturated heterocycles. The van der Waals surface area contributed by atoms with E-state index in [1.807, 2.05) is 0 Å². The van der Waals surface area contributed by atoms with Crippen molar-refractivity contribution >= 4 is 47.2 Å². The van der Waals surface area contributed by atoms with Crippen LogP contribution in [0.25, 0.3) is 0 Å². The number of anilines is 1. The molecule has 0 spiro atoms. The van der Waals surface area contributed by atoms with E-state index in [1.165, 1.54) is 0 Å². The highest BCUT2D eigenvalue weighted by molar-refractivity contribution is 6.39. The summed E-state index contributed by atoms with van der Waals surface area (Å²) < 4.78 is 8.74. The van der Waals surface area contributed by atoms with E-state index < -0.39 is 18.3 Å². The number of benzene rings is 1. The molecule has 0 aromatic heterocycles. The molecule has 0 bridgehead atoms. The third-order valence-electron chi connectivity index (χ3n) is 1.99. The summed E-state index contributed by atoms with van der Waals surface area (Å²) in [5.41, 5.74) is 4.83. The minimum atomic E-state index is -1.24. The number of nitrogens with two attached hydrogens (primary N) is 1. The summed E-state index contributed by atoms with van der Waals surface area (Å²) in [6, 6.07) is 4.71. The second kappa shape index (κ2) is 8.18. The molecule has 8 nitrogen and oxygen atoms in total. The first-order chi connectivity index (χ1) is 9.90. The Labute approximate surface area is 129 Å². The van der Waals surface area contributed by atoms with Crippen LogP contribution in [0, 0.1) is 0 Å². The quantitative estimate of drug-likeness (QED) is 0.576. The van der Waals surface area contributed by atoms with Gasteiger partial charge >= 0.3 is 18.3 Å². The summed E-state index contributed by atoms with van der Waals surface area (Å²) in [4.78, 5) is 32.6. The minimum absolute atomic E-state index is 0.0736. The minimum Gasteiger partial charge on any atom is -0.447 e. The Bertz CT molecular complexity index is 532. The van der Waals surface area contributed by atoms with Crippen molar-refractivity contribution < 1.29 is 23.9 Å². The lowest BCUT2D eigenvalue weighted by molar-refractivity contribution is 0.146. The first kappa shape index (κ1) is 16.9. The van der Waals surface area contributed by atoms with Crippen LogP contribution in [0.1, 0.15) is 0 Å². The number of hydrogen-bond acceptors (Lipinski definition) is 5. The highest BCUT2D eigenvalue weighted by atomic mass is 35.5. The van der Waals surface area contributed by atoms with Gasteiger partial charge in [0.05, 0.1) is 22.3 Å². The number of primary amides is 1. The van der Waals surface area contributed by atoms with Gasteiger partial charge in [-0.1, -0.05) is 29.3 Å². The number of nitrogens with one attached hydrogen (secondary N) is 2. The second-order valence-corrected chi connectivity index (χ2v) is 4.31. The molecule has 3 amide bonds. The molecule has 1 rings (SSSR count). The lowest BCUT2D eigenvalue weighted by atomic mass is 10.3. The number of hydrogen-bond donors (Lipinski definition) is 3. The molecular formula is C11H11Cl2N3O5. The topological polar surface area (TPSA) is 120 Å². The van der Waals surface area contributed by atoms with Gasteiger partial charge in [0, 0.05) is 0 Å². The van der Waals surface area contributed by atoms with Crippen LogP contribution in [-0.2, 0) is 9.47 Å². The predicted molar refractivity (Wildman–Crippen MR) is 75.5 cm³/mol. The molecule has 1 aromatic carbocycles. The van der Waals surface area contributed by atoms with Crippen LogP contribution >= 0.6 is 23.2 Å². The van der Waals surface area contributed by atoms with Gasteiger partial charge in [0.1, 0.15) is 6.61 Å². The van der Waals surface area contributed by atoms with Crippen LogP contribution in [0.15, 0.2) is 18.2 Å². The zero-order valence-electron chi connectivity index (χ0n) is 10.5. The van der Waals surface area contributed by atoms with E-state index in [0.717, 1.165) is 0 Å². The van der Waals surface area contributed by atoms with Crippen molar-refractivity contribution in [3.8, 4) is 0 Å². The highest BCUT2D eigenvalue weighted by Gasteiger charge is 2.10. The molecule has 21 heavy (non-hydrogen) atoms. The molecule has 0 unspecified atom stereocenters. The van der Waals surface area contributed by atoms with Crippen molar-refractivity contribution in [1.29, 1.82) is 0 Å². The molecule has 0 aliphatic rings. The van der Waals surface area contributed by atoms with E-state index >= 15 is 0 Å². The van der Waals surface area contributed by atoms with Gasteiger partial charge < -0.3 is 20.5 Å². The molecule has 10 heteroatoms. The fourth-order valence-corrected chi connectivity index (χ4v) is 1.67. The van der Waals surface area contributed by atoms with Crippen molar-refractivity contribution in [2.75, 3.05) is 18.5 Å². The fourth-order valence-electron chi connectivity index (χ4n) is 1.18. The van der Waals surface area contributed by atoms with Gasteiger partial charge in [0.2, 0.25) is 0 Å². The molecule has 0 heterocycles. The van der Waals surface area contributed by atoms with Crippen LogP contribution in [0.3, 0.4) is 0 Å². The molecule has 0 atom stereocenters. The normalized spacial score (nSPS) is 9.62. The summed E-state index contributed by atoms with van der Waals surface area (Å²) in [7, 11) is 0. The van der Waals surface area contributed by atoms with E-state index in [0.29, 0.717) is 0 Å². The number of carbonyl (C=O) groups excluding carboxylic acids is 3. The van der Waals surface area contributed by atoms with Gasteiger partial charge in [0.15, 0.2) is 0 Å². The van der Waals surface area contributed by atoms with E-state index in [-0.39, 0.29) is 28.9 Å². The van der Waals surface area contributed by atoms with Crippen LogP contribution in [0.4, 0.5) is 20.1 Å². The van der Waals surface area contributed by atoms with Gasteiger partial charge in [-0.25, -0.2) is 14.4 Å². The average Bonchev–Trinajstić information content (AvgIpc) is 2.38. The fraction of sp³-hybridized carbons (Fsp3) is 0.182. The van der Waals surface area contributed by atoms with Gasteiger partial charge in [0.25, 0.3) is 0 Å². The van der Waals surface area contributed by atoms with Gasteiger partial charge in [-0.2, -0.15) is 0 Å². The van der Waals surface area contributed by atoms with Crippen molar-refractivity contribution in [3.63, 3.8) is 0 Å². The number of carbonyl (C=O) groups is 3. The molecule has 0 aliphatic heterocycles. The average molecular weight is 336 g/mol. The van der Waals surface area contributed by atoms with E-state index in [9.17, 15) is 14.4 Å². The molecule has 0 fully saturated rings. The van der Waals surface area contributed by atoms with Crippen molar-refractivity contribution in [1.82, 2.24) is 5.32 Å². The monoisotopic (exact) mass is 335 g/mol. The summed E-state index contributed by atoms with van der Waals surface area (Å²) in [5.74, 6) is 0. The lowest BCUT2D eigenvalue weighted by Crippen LogP contribution is -2.32. The Morgan fingerprint density at radius 2 is 1.76 bits per heavy atom. The maximum absolute atomic E-state index is 11.5. The zero-order valence-corrected chi connectivity index (χ0v) is 12.0. The Morgan fingerprint density at radius 3 is 2.33 bits per heavy atom. The van der Waals surface area contributed by atoms with Crippen molar-refractivity contribution in [2.24, 2.45) is 5.73 Å². The molecule has 4 N–H and O–H groups in total. The molecule has 1 aromatic rings. The van der Waals surface area contributed by atoms with E-state index in [2.05, 4.69) is 21.1 Å². The first-order valence-corrected chi connectivity index (χ1v) is 6.28. The standard InChI is InChI=1S/C11H11Cl2N3O5/c12-6-2-1-3-7(13)8(6)16-11(19)20-5-4-15-10(18)21-9(14)17/h1-3H,4-5H2,(H2,14,17)(H,15,18)(H,16,19). The highest BCUT2D eigenvalue weighted by Crippen LogP contribution is 2.29. The van der Waals surface area contributed by atoms with E-state index in [4.69, 9.17) is 27.9 Å². The predicted octanol–water partition coefficient (Wildman–Crippen LogP) is 2.35. The van der Waals surface area contributed by atoms with E-state index in [1.54, 1.807) is 18.2 Å². The van der Waals surface area contributed by atoms with Crippen LogP contribution in [0.5, 0.6) is 0 Å². The van der Waals surface area contributed by atoms with Crippen molar-refractivity contribution in [2.45, 2.75) is 0 Å². The third-order valence-corrected chi connectivity index (χ3v) is 2.62. The van der Waals surface area contributed by atoms with Crippen LogP contribution in [0.2, 0.25) is 10.0 Å². The van der Waals surface area contributed by atoms with Gasteiger partial charge in [-0.15, -0.1) is 0 Å². The van der Waals surface area contributed by atoms with Gasteiger partial charge in [-0.05, 0) is 12.1 Å². The summed E-state index contributed by atoms with van der Waals surface area (Å²) >= 11 is 11.7. The Balaban J connectivity index is 2.32. The number of halogens is 2. The summed E-state index contributed by atoms with van der Waals surface area (Å²) in [6.07, 6.45) is -3.09. The van der Waals surface area contributed by atoms with Gasteiger partial charge in [-0.3, -0.25) is 5.32 Å². The lowest BCUT2D eigenvalue weighted by Gasteiger charge is -2.10. The smallest absolute Gasteiger partial charge is 0.416 e. The number of ether oxygens (including phenoxy) is 2. The Morgan fingerprint density at radius 1 is 1.14 bits per heavy atom. The molecule has 0 aliphatic carbocycles. The Kier molecular flexibility index (Phi) is 6.57. The Hall–Kier alpha value is -2.19. The maximum atomic E-state index is 11.5. The molecule has 0 radical (unpaired) electrons. The summed E-state index contributed by atoms with van der Waals surface area (Å²) in [6.45, 7) is -0.239. The summed E-state index contributed by atoms with van der Waals surface area (Å²) in [5, 5.41) is 5.00. The maximum Gasteiger partial charge on any atom is 0.416 e. The number of rotatable bonds is 4. The number of amides is 3. The van der Waals surface area contributed by atoms with Crippen LogP contribution in [-0.4, -0.2) is 31.4 Å². The third kappa shape index (κ3) is 6.19. The molecule has 114 valence electrons. The van der Waals surface area contributed by atoms with Crippen LogP contribution < -0.4 is 16.4 Å². The number of para-hydroxylation sites is 1. The SMILES string of the molecule is NC(=O)OC(=O)NCCOC(=O)Nc1c(Cl)cccc1Cl. The van der Waals surface area contributed by atoms with Crippen molar-refractivity contribution in [3.05, 3.63) is 28.2 Å². The zero-order chi connectivity index (χ0) is 15.8. The second-order valence-electron chi connectivity index (χ2n) is 3.49. The number of alkyl carbamates (subject to hydrolysis) is 1.